The molecule has 3 aliphatic carbocycles. The molecule has 4 rings (SSSR count). The first-order chi connectivity index (χ1) is 19.0. The normalized spacial score (nSPS) is 40.4. The molecule has 42 heavy (non-hydrogen) atoms. The number of alkyl halides is 5. The molecule has 0 heterocycles. The second-order valence-corrected chi connectivity index (χ2v) is 12.2. The lowest BCUT2D eigenvalue weighted by atomic mass is 9.36. The Morgan fingerprint density at radius 2 is 1.67 bits per heavy atom. The van der Waals surface area contributed by atoms with Gasteiger partial charge in [0.05, 0.1) is 30.3 Å². The third-order valence-electron chi connectivity index (χ3n) is 9.97. The van der Waals surface area contributed by atoms with E-state index in [4.69, 9.17) is 5.73 Å². The minimum Gasteiger partial charge on any atom is -0.507 e. The zero-order valence-electron chi connectivity index (χ0n) is 22.9. The molecule has 1 amide bonds. The van der Waals surface area contributed by atoms with Crippen LogP contribution in [-0.4, -0.2) is 85.8 Å². The number of Topliss-reactive ketones (excluding diaryl/α,β-unsaturated/α-hetero) is 2. The molecule has 234 valence electrons. The van der Waals surface area contributed by atoms with Crippen LogP contribution in [0.25, 0.3) is 0 Å². The first kappa shape index (κ1) is 32.2. The highest BCUT2D eigenvalue weighted by Gasteiger charge is 2.80. The number of rotatable bonds is 5. The average Bonchev–Trinajstić information content (AvgIpc) is 2.84. The SMILES string of the molecule is CC(C)[C@H]1C(O)C(C(N)=O)C(=O)[C@]2(O)C(O)C3C(=O)c4c(O)cccc4[C@@H](COC(F)(F)C(F)(F)F)[C@]3(C)[C@@H](O)[C@]12C. The standard InChI is InChI=1S/C27H32F5NO9/c1-9(2)15-18(36)14(21(33)39)19(37)25(41)20(38)16-17(35)13-10(6-5-7-12(13)34)11(8-42-27(31,32)26(28,29)30)23(16,3)22(40)24(15,25)4/h5-7,9,11,14-16,18,20,22,34,36,38,40-41H,8H2,1-4H3,(H2,33,39)/t11-,14?,15+,16?,18?,20?,22-,23+,24+,25+/m1/s1. The molecule has 0 saturated heterocycles. The van der Waals surface area contributed by atoms with Gasteiger partial charge in [-0.1, -0.05) is 39.8 Å². The molecule has 0 aliphatic heterocycles. The fourth-order valence-corrected chi connectivity index (χ4v) is 8.09. The highest BCUT2D eigenvalue weighted by molar-refractivity contribution is 6.09. The molecule has 0 bridgehead atoms. The summed E-state index contributed by atoms with van der Waals surface area (Å²) in [6.45, 7) is 3.66. The Morgan fingerprint density at radius 3 is 2.17 bits per heavy atom. The molecular formula is C27H32F5NO9. The van der Waals surface area contributed by atoms with Gasteiger partial charge in [-0.15, -0.1) is 0 Å². The van der Waals surface area contributed by atoms with E-state index >= 15 is 0 Å². The fraction of sp³-hybridized carbons (Fsp3) is 0.667. The number of phenols is 1. The minimum absolute atomic E-state index is 0.296. The van der Waals surface area contributed by atoms with Gasteiger partial charge in [-0.2, -0.15) is 22.0 Å². The Hall–Kier alpha value is -2.72. The van der Waals surface area contributed by atoms with Crippen molar-refractivity contribution < 1.29 is 66.6 Å². The smallest absolute Gasteiger partial charge is 0.482 e. The number of primary amides is 1. The van der Waals surface area contributed by atoms with Gasteiger partial charge in [0.2, 0.25) is 5.91 Å². The molecule has 15 heteroatoms. The van der Waals surface area contributed by atoms with Crippen LogP contribution in [0, 0.1) is 34.5 Å². The first-order valence-corrected chi connectivity index (χ1v) is 13.1. The maximum absolute atomic E-state index is 14.0. The molecular weight excluding hydrogens is 577 g/mol. The highest BCUT2D eigenvalue weighted by Crippen LogP contribution is 2.68. The lowest BCUT2D eigenvalue weighted by Crippen LogP contribution is -2.84. The number of carbonyl (C=O) groups excluding carboxylic acids is 3. The molecule has 10 nitrogen and oxygen atoms in total. The third kappa shape index (κ3) is 3.82. The molecule has 1 aromatic carbocycles. The molecule has 2 fully saturated rings. The average molecular weight is 610 g/mol. The van der Waals surface area contributed by atoms with Gasteiger partial charge < -0.3 is 36.0 Å². The summed E-state index contributed by atoms with van der Waals surface area (Å²) >= 11 is 0. The predicted octanol–water partition coefficient (Wildman–Crippen LogP) is 1.26. The van der Waals surface area contributed by atoms with Gasteiger partial charge in [0.25, 0.3) is 0 Å². The van der Waals surface area contributed by atoms with Crippen molar-refractivity contribution in [3.8, 4) is 5.75 Å². The monoisotopic (exact) mass is 609 g/mol. The minimum atomic E-state index is -6.15. The lowest BCUT2D eigenvalue weighted by Gasteiger charge is -2.69. The second-order valence-electron chi connectivity index (χ2n) is 12.2. The maximum atomic E-state index is 14.0. The third-order valence-corrected chi connectivity index (χ3v) is 9.97. The summed E-state index contributed by atoms with van der Waals surface area (Å²) in [5, 5.41) is 57.6. The molecule has 0 aromatic heterocycles. The van der Waals surface area contributed by atoms with Gasteiger partial charge in [0.15, 0.2) is 17.2 Å². The van der Waals surface area contributed by atoms with Crippen LogP contribution in [0.3, 0.4) is 0 Å². The molecule has 3 aliphatic rings. The van der Waals surface area contributed by atoms with Gasteiger partial charge in [0, 0.05) is 16.7 Å². The van der Waals surface area contributed by atoms with E-state index in [1.807, 2.05) is 0 Å². The van der Waals surface area contributed by atoms with Gasteiger partial charge in [-0.05, 0) is 23.5 Å². The summed E-state index contributed by atoms with van der Waals surface area (Å²) in [4.78, 5) is 39.9. The molecule has 4 unspecified atom stereocenters. The summed E-state index contributed by atoms with van der Waals surface area (Å²) in [6.07, 6.45) is -18.5. The number of phenolic OH excluding ortho intramolecular Hbond substituents is 1. The Labute approximate surface area is 236 Å². The molecule has 0 spiro atoms. The van der Waals surface area contributed by atoms with E-state index in [0.29, 0.717) is 0 Å². The fourth-order valence-electron chi connectivity index (χ4n) is 8.09. The van der Waals surface area contributed by atoms with Crippen LogP contribution in [0.4, 0.5) is 22.0 Å². The summed E-state index contributed by atoms with van der Waals surface area (Å²) in [7, 11) is 0. The zero-order valence-corrected chi connectivity index (χ0v) is 22.9. The van der Waals surface area contributed by atoms with Crippen molar-refractivity contribution in [3.63, 3.8) is 0 Å². The van der Waals surface area contributed by atoms with Crippen LogP contribution in [0.15, 0.2) is 18.2 Å². The summed E-state index contributed by atoms with van der Waals surface area (Å²) in [6, 6.07) is 3.32. The number of hydrogen-bond acceptors (Lipinski definition) is 9. The van der Waals surface area contributed by atoms with Crippen molar-refractivity contribution in [1.82, 2.24) is 0 Å². The predicted molar refractivity (Wildman–Crippen MR) is 131 cm³/mol. The van der Waals surface area contributed by atoms with Gasteiger partial charge in [0.1, 0.15) is 17.8 Å². The number of aromatic hydroxyl groups is 1. The van der Waals surface area contributed by atoms with Crippen molar-refractivity contribution in [2.75, 3.05) is 6.61 Å². The largest absolute Gasteiger partial charge is 0.507 e. The number of ether oxygens (including phenoxy) is 1. The summed E-state index contributed by atoms with van der Waals surface area (Å²) < 4.78 is 71.2. The number of fused-ring (bicyclic) bond motifs is 3. The van der Waals surface area contributed by atoms with Crippen LogP contribution in [0.1, 0.15) is 49.5 Å². The van der Waals surface area contributed by atoms with Crippen LogP contribution in [0.2, 0.25) is 0 Å². The van der Waals surface area contributed by atoms with E-state index in [1.165, 1.54) is 19.9 Å². The topological polar surface area (TPSA) is 188 Å². The summed E-state index contributed by atoms with van der Waals surface area (Å²) in [5.74, 6) is -13.0. The van der Waals surface area contributed by atoms with E-state index < -0.39 is 112 Å². The van der Waals surface area contributed by atoms with Crippen molar-refractivity contribution >= 4 is 17.5 Å². The molecule has 1 aromatic rings. The number of aliphatic hydroxyl groups is 4. The number of carbonyl (C=O) groups is 3. The molecule has 2 saturated carbocycles. The second kappa shape index (κ2) is 9.64. The quantitative estimate of drug-likeness (QED) is 0.211. The Bertz CT molecular complexity index is 1320. The van der Waals surface area contributed by atoms with Gasteiger partial charge in [-0.25, -0.2) is 0 Å². The Balaban J connectivity index is 2.03. The van der Waals surface area contributed by atoms with Crippen molar-refractivity contribution in [1.29, 1.82) is 0 Å². The molecule has 0 radical (unpaired) electrons. The number of amides is 1. The number of halogens is 5. The number of ketones is 2. The molecule has 10 atom stereocenters. The Morgan fingerprint density at radius 1 is 1.10 bits per heavy atom. The van der Waals surface area contributed by atoms with E-state index in [2.05, 4.69) is 4.74 Å². The zero-order chi connectivity index (χ0) is 32.1. The molecule has 7 N–H and O–H groups in total. The van der Waals surface area contributed by atoms with Gasteiger partial charge >= 0.3 is 12.3 Å². The first-order valence-electron chi connectivity index (χ1n) is 13.1. The van der Waals surface area contributed by atoms with E-state index in [-0.39, 0.29) is 5.56 Å². The van der Waals surface area contributed by atoms with Crippen LogP contribution in [-0.2, 0) is 14.3 Å². The number of benzene rings is 1. The van der Waals surface area contributed by atoms with Crippen molar-refractivity contribution in [2.45, 2.75) is 69.8 Å². The maximum Gasteiger partial charge on any atom is 0.482 e. The number of hydrogen-bond donors (Lipinski definition) is 6. The van der Waals surface area contributed by atoms with E-state index in [0.717, 1.165) is 26.0 Å². The Kier molecular flexibility index (Phi) is 7.39. The van der Waals surface area contributed by atoms with Crippen molar-refractivity contribution in [3.05, 3.63) is 29.3 Å². The lowest BCUT2D eigenvalue weighted by molar-refractivity contribution is -0.394. The van der Waals surface area contributed by atoms with Gasteiger partial charge in [-0.3, -0.25) is 14.4 Å². The van der Waals surface area contributed by atoms with Crippen LogP contribution >= 0.6 is 0 Å². The van der Waals surface area contributed by atoms with Crippen LogP contribution in [0.5, 0.6) is 5.75 Å². The number of nitrogens with two attached hydrogens (primary N) is 1. The van der Waals surface area contributed by atoms with Crippen LogP contribution < -0.4 is 5.73 Å². The number of aliphatic hydroxyl groups excluding tert-OH is 3. The van der Waals surface area contributed by atoms with E-state index in [9.17, 15) is 61.9 Å². The highest BCUT2D eigenvalue weighted by atomic mass is 19.4. The van der Waals surface area contributed by atoms with E-state index in [1.54, 1.807) is 0 Å². The summed E-state index contributed by atoms with van der Waals surface area (Å²) in [5.41, 5.74) is -3.30. The van der Waals surface area contributed by atoms with Crippen molar-refractivity contribution in [2.24, 2.45) is 40.2 Å².